The van der Waals surface area contributed by atoms with Crippen LogP contribution in [0.2, 0.25) is 0 Å². The lowest BCUT2D eigenvalue weighted by atomic mass is 10.1. The van der Waals surface area contributed by atoms with Crippen LogP contribution in [-0.4, -0.2) is 27.4 Å². The van der Waals surface area contributed by atoms with E-state index >= 15 is 0 Å². The second-order valence-electron chi connectivity index (χ2n) is 4.73. The van der Waals surface area contributed by atoms with Crippen molar-refractivity contribution in [1.82, 2.24) is 9.55 Å². The van der Waals surface area contributed by atoms with Gasteiger partial charge in [-0.15, -0.1) is 0 Å². The molecule has 0 aliphatic rings. The molecule has 0 spiro atoms. The lowest BCUT2D eigenvalue weighted by Gasteiger charge is -2.13. The smallest absolute Gasteiger partial charge is 0.120 e. The Morgan fingerprint density at radius 3 is 2.80 bits per heavy atom. The third-order valence-electron chi connectivity index (χ3n) is 3.14. The fraction of sp³-hybridized carbons (Fsp3) is 0.188. The van der Waals surface area contributed by atoms with Crippen LogP contribution >= 0.6 is 0 Å². The first-order valence-corrected chi connectivity index (χ1v) is 6.57. The summed E-state index contributed by atoms with van der Waals surface area (Å²) in [5.74, 6) is 0.772. The molecular formula is C16H16N2O2. The maximum absolute atomic E-state index is 9.92. The fourth-order valence-electron chi connectivity index (χ4n) is 2.14. The number of hydrogen-bond donors (Lipinski definition) is 1. The molecule has 0 aliphatic heterocycles. The van der Waals surface area contributed by atoms with Gasteiger partial charge in [0.1, 0.15) is 18.5 Å². The third-order valence-corrected chi connectivity index (χ3v) is 3.14. The van der Waals surface area contributed by atoms with E-state index in [0.717, 1.165) is 11.1 Å². The number of aliphatic hydroxyl groups excluding tert-OH is 1. The Bertz CT molecular complexity index is 680. The van der Waals surface area contributed by atoms with E-state index in [-0.39, 0.29) is 6.61 Å². The van der Waals surface area contributed by atoms with Gasteiger partial charge in [-0.2, -0.15) is 0 Å². The predicted octanol–water partition coefficient (Wildman–Crippen LogP) is 2.48. The van der Waals surface area contributed by atoms with Crippen LogP contribution in [0.5, 0.6) is 5.75 Å². The Morgan fingerprint density at radius 2 is 2.00 bits per heavy atom. The van der Waals surface area contributed by atoms with Crippen molar-refractivity contribution < 1.29 is 9.84 Å². The maximum Gasteiger partial charge on any atom is 0.120 e. The van der Waals surface area contributed by atoms with Crippen LogP contribution in [-0.2, 0) is 6.54 Å². The summed E-state index contributed by atoms with van der Waals surface area (Å²) in [4.78, 5) is 3.94. The Morgan fingerprint density at radius 1 is 1.15 bits per heavy atom. The number of imidazole rings is 1. The SMILES string of the molecule is O[C@H](COc1ccc2ccccc2c1)Cn1ccnc1. The fourth-order valence-corrected chi connectivity index (χ4v) is 2.14. The normalized spacial score (nSPS) is 12.4. The lowest BCUT2D eigenvalue weighted by Crippen LogP contribution is -2.22. The number of hydrogen-bond acceptors (Lipinski definition) is 3. The zero-order valence-corrected chi connectivity index (χ0v) is 11.0. The van der Waals surface area contributed by atoms with Crippen molar-refractivity contribution in [2.45, 2.75) is 12.6 Å². The van der Waals surface area contributed by atoms with Gasteiger partial charge in [0.15, 0.2) is 0 Å². The molecule has 0 fully saturated rings. The van der Waals surface area contributed by atoms with E-state index in [2.05, 4.69) is 11.1 Å². The molecule has 0 saturated heterocycles. The van der Waals surface area contributed by atoms with E-state index in [9.17, 15) is 5.11 Å². The Kier molecular flexibility index (Phi) is 3.65. The van der Waals surface area contributed by atoms with E-state index in [4.69, 9.17) is 4.74 Å². The van der Waals surface area contributed by atoms with E-state index in [1.54, 1.807) is 12.5 Å². The summed E-state index contributed by atoms with van der Waals surface area (Å²) in [6, 6.07) is 14.0. The number of aliphatic hydroxyl groups is 1. The monoisotopic (exact) mass is 268 g/mol. The summed E-state index contributed by atoms with van der Waals surface area (Å²) >= 11 is 0. The first-order chi connectivity index (χ1) is 9.81. The van der Waals surface area contributed by atoms with Gasteiger partial charge in [0.25, 0.3) is 0 Å². The minimum Gasteiger partial charge on any atom is -0.491 e. The van der Waals surface area contributed by atoms with Crippen LogP contribution in [0.1, 0.15) is 0 Å². The molecule has 2 aromatic carbocycles. The Hall–Kier alpha value is -2.33. The molecule has 4 nitrogen and oxygen atoms in total. The van der Waals surface area contributed by atoms with Gasteiger partial charge in [0, 0.05) is 12.4 Å². The summed E-state index contributed by atoms with van der Waals surface area (Å²) < 4.78 is 7.47. The van der Waals surface area contributed by atoms with Crippen molar-refractivity contribution in [2.24, 2.45) is 0 Å². The number of nitrogens with zero attached hydrogens (tertiary/aromatic N) is 2. The molecule has 0 aliphatic carbocycles. The molecule has 0 bridgehead atoms. The average Bonchev–Trinajstić information content (AvgIpc) is 2.98. The van der Waals surface area contributed by atoms with Gasteiger partial charge >= 0.3 is 0 Å². The molecule has 0 unspecified atom stereocenters. The van der Waals surface area contributed by atoms with Crippen molar-refractivity contribution >= 4 is 10.8 Å². The van der Waals surface area contributed by atoms with Crippen molar-refractivity contribution in [3.05, 3.63) is 61.2 Å². The van der Waals surface area contributed by atoms with Gasteiger partial charge in [-0.1, -0.05) is 30.3 Å². The lowest BCUT2D eigenvalue weighted by molar-refractivity contribution is 0.0925. The maximum atomic E-state index is 9.92. The number of ether oxygens (including phenoxy) is 1. The molecular weight excluding hydrogens is 252 g/mol. The minimum absolute atomic E-state index is 0.260. The molecule has 1 atom stereocenters. The van der Waals surface area contributed by atoms with Crippen molar-refractivity contribution in [3.63, 3.8) is 0 Å². The van der Waals surface area contributed by atoms with Crippen molar-refractivity contribution in [3.8, 4) is 5.75 Å². The second-order valence-corrected chi connectivity index (χ2v) is 4.73. The molecule has 20 heavy (non-hydrogen) atoms. The van der Waals surface area contributed by atoms with E-state index in [1.807, 2.05) is 47.2 Å². The molecule has 1 N–H and O–H groups in total. The summed E-state index contributed by atoms with van der Waals surface area (Å²) in [5.41, 5.74) is 0. The highest BCUT2D eigenvalue weighted by molar-refractivity contribution is 5.83. The molecule has 0 radical (unpaired) electrons. The summed E-state index contributed by atoms with van der Waals surface area (Å²) in [5, 5.41) is 12.2. The van der Waals surface area contributed by atoms with Gasteiger partial charge in [0.05, 0.1) is 12.9 Å². The van der Waals surface area contributed by atoms with Crippen LogP contribution in [0.3, 0.4) is 0 Å². The quantitative estimate of drug-likeness (QED) is 0.773. The van der Waals surface area contributed by atoms with Crippen LogP contribution in [0, 0.1) is 0 Å². The van der Waals surface area contributed by atoms with Crippen LogP contribution in [0.25, 0.3) is 10.8 Å². The van der Waals surface area contributed by atoms with Gasteiger partial charge in [-0.3, -0.25) is 0 Å². The predicted molar refractivity (Wildman–Crippen MR) is 77.7 cm³/mol. The minimum atomic E-state index is -0.560. The average molecular weight is 268 g/mol. The first kappa shape index (κ1) is 12.7. The number of aromatic nitrogens is 2. The summed E-state index contributed by atoms with van der Waals surface area (Å²) in [7, 11) is 0. The first-order valence-electron chi connectivity index (χ1n) is 6.57. The molecule has 3 rings (SSSR count). The molecule has 1 heterocycles. The highest BCUT2D eigenvalue weighted by atomic mass is 16.5. The van der Waals surface area contributed by atoms with Crippen molar-refractivity contribution in [1.29, 1.82) is 0 Å². The molecule has 0 saturated carbocycles. The standard InChI is InChI=1S/C16H16N2O2/c19-15(10-18-8-7-17-12-18)11-20-16-6-5-13-3-1-2-4-14(13)9-16/h1-9,12,15,19H,10-11H2/t15-/m0/s1. The van der Waals surface area contributed by atoms with Gasteiger partial charge in [-0.05, 0) is 22.9 Å². The topological polar surface area (TPSA) is 47.3 Å². The highest BCUT2D eigenvalue weighted by Crippen LogP contribution is 2.20. The second kappa shape index (κ2) is 5.75. The summed E-state index contributed by atoms with van der Waals surface area (Å²) in [6.45, 7) is 0.740. The van der Waals surface area contributed by atoms with E-state index in [0.29, 0.717) is 6.54 Å². The molecule has 0 amide bonds. The third kappa shape index (κ3) is 2.97. The Labute approximate surface area is 117 Å². The van der Waals surface area contributed by atoms with E-state index in [1.165, 1.54) is 5.39 Å². The Balaban J connectivity index is 1.61. The van der Waals surface area contributed by atoms with Crippen LogP contribution in [0.4, 0.5) is 0 Å². The molecule has 4 heteroatoms. The molecule has 102 valence electrons. The number of rotatable bonds is 5. The molecule has 3 aromatic rings. The zero-order chi connectivity index (χ0) is 13.8. The van der Waals surface area contributed by atoms with Crippen LogP contribution in [0.15, 0.2) is 61.2 Å². The van der Waals surface area contributed by atoms with Gasteiger partial charge in [0.2, 0.25) is 0 Å². The number of fused-ring (bicyclic) bond motifs is 1. The van der Waals surface area contributed by atoms with E-state index < -0.39 is 6.10 Å². The van der Waals surface area contributed by atoms with Crippen molar-refractivity contribution in [2.75, 3.05) is 6.61 Å². The highest BCUT2D eigenvalue weighted by Gasteiger charge is 2.06. The molecule has 1 aromatic heterocycles. The van der Waals surface area contributed by atoms with Crippen LogP contribution < -0.4 is 4.74 Å². The van der Waals surface area contributed by atoms with Gasteiger partial charge in [-0.25, -0.2) is 4.98 Å². The van der Waals surface area contributed by atoms with Gasteiger partial charge < -0.3 is 14.4 Å². The number of benzene rings is 2. The zero-order valence-electron chi connectivity index (χ0n) is 11.0. The summed E-state index contributed by atoms with van der Waals surface area (Å²) in [6.07, 6.45) is 4.63. The largest absolute Gasteiger partial charge is 0.491 e.